The van der Waals surface area contributed by atoms with Crippen molar-refractivity contribution in [1.29, 1.82) is 0 Å². The van der Waals surface area contributed by atoms with Gasteiger partial charge < -0.3 is 18.6 Å². The monoisotopic (exact) mass is 413 g/mol. The molecule has 1 aliphatic rings. The smallest absolute Gasteiger partial charge is 0.306 e. The van der Waals surface area contributed by atoms with Gasteiger partial charge in [0, 0.05) is 26.1 Å². The van der Waals surface area contributed by atoms with Crippen molar-refractivity contribution in [3.8, 4) is 11.5 Å². The van der Waals surface area contributed by atoms with Crippen LogP contribution in [0, 0.1) is 5.41 Å². The van der Waals surface area contributed by atoms with E-state index >= 15 is 0 Å². The summed E-state index contributed by atoms with van der Waals surface area (Å²) in [6, 6.07) is 5.06. The molecule has 1 unspecified atom stereocenters. The second-order valence-electron chi connectivity index (χ2n) is 8.42. The largest absolute Gasteiger partial charge is 0.493 e. The molecule has 0 aromatic heterocycles. The summed E-state index contributed by atoms with van der Waals surface area (Å²) < 4.78 is 39.0. The van der Waals surface area contributed by atoms with E-state index in [1.807, 2.05) is 20.8 Å². The van der Waals surface area contributed by atoms with Gasteiger partial charge in [-0.15, -0.1) is 0 Å². The van der Waals surface area contributed by atoms with Gasteiger partial charge in [-0.25, -0.2) is 0 Å². The minimum Gasteiger partial charge on any atom is -0.493 e. The molecule has 2 rings (SSSR count). The molecule has 0 spiro atoms. The Kier molecular flexibility index (Phi) is 7.33. The molecule has 0 radical (unpaired) electrons. The summed E-state index contributed by atoms with van der Waals surface area (Å²) in [5.41, 5.74) is 0.635. The summed E-state index contributed by atoms with van der Waals surface area (Å²) >= 11 is 0. The van der Waals surface area contributed by atoms with Crippen LogP contribution in [0.2, 0.25) is 0 Å². The van der Waals surface area contributed by atoms with Crippen LogP contribution in [0.4, 0.5) is 0 Å². The lowest BCUT2D eigenvalue weighted by atomic mass is 9.91. The minimum atomic E-state index is -3.69. The molecule has 1 atom stereocenters. The first kappa shape index (κ1) is 22.5. The second-order valence-corrected chi connectivity index (χ2v) is 9.99. The molecule has 1 aromatic carbocycles. The summed E-state index contributed by atoms with van der Waals surface area (Å²) in [5, 5.41) is 0. The molecule has 8 heteroatoms. The van der Waals surface area contributed by atoms with E-state index in [2.05, 4.69) is 0 Å². The highest BCUT2D eigenvalue weighted by molar-refractivity contribution is 7.86. The fourth-order valence-corrected chi connectivity index (χ4v) is 3.58. The molecule has 1 heterocycles. The average Bonchev–Trinajstić information content (AvgIpc) is 3.04. The summed E-state index contributed by atoms with van der Waals surface area (Å²) in [6.07, 6.45) is 3.37. The molecule has 0 bridgehead atoms. The van der Waals surface area contributed by atoms with Crippen molar-refractivity contribution in [1.82, 2.24) is 4.90 Å². The Morgan fingerprint density at radius 2 is 2.00 bits per heavy atom. The summed E-state index contributed by atoms with van der Waals surface area (Å²) in [6.45, 7) is 7.67. The van der Waals surface area contributed by atoms with Crippen molar-refractivity contribution in [2.24, 2.45) is 5.41 Å². The molecule has 158 valence electrons. The van der Waals surface area contributed by atoms with Gasteiger partial charge >= 0.3 is 10.1 Å². The van der Waals surface area contributed by atoms with Crippen LogP contribution >= 0.6 is 0 Å². The molecule has 1 aliphatic heterocycles. The normalized spacial score (nSPS) is 17.4. The Balaban J connectivity index is 2.23. The topological polar surface area (TPSA) is 82.1 Å². The van der Waals surface area contributed by atoms with Crippen molar-refractivity contribution >= 4 is 16.0 Å². The summed E-state index contributed by atoms with van der Waals surface area (Å²) in [7, 11) is -2.25. The van der Waals surface area contributed by atoms with E-state index in [0.717, 1.165) is 31.3 Å². The molecule has 1 fully saturated rings. The van der Waals surface area contributed by atoms with E-state index in [9.17, 15) is 13.2 Å². The Hall–Kier alpha value is -1.80. The van der Waals surface area contributed by atoms with Gasteiger partial charge in [0.2, 0.25) is 5.91 Å². The Morgan fingerprint density at radius 1 is 1.29 bits per heavy atom. The van der Waals surface area contributed by atoms with Gasteiger partial charge in [0.25, 0.3) is 0 Å². The number of amides is 1. The van der Waals surface area contributed by atoms with E-state index in [1.165, 1.54) is 7.11 Å². The van der Waals surface area contributed by atoms with Gasteiger partial charge in [-0.3, -0.25) is 4.79 Å². The lowest BCUT2D eigenvalue weighted by molar-refractivity contribution is -0.135. The van der Waals surface area contributed by atoms with Crippen molar-refractivity contribution in [2.75, 3.05) is 26.5 Å². The molecule has 0 saturated carbocycles. The first-order valence-electron chi connectivity index (χ1n) is 9.42. The second kappa shape index (κ2) is 9.13. The van der Waals surface area contributed by atoms with Crippen LogP contribution in [0.3, 0.4) is 0 Å². The van der Waals surface area contributed by atoms with Crippen LogP contribution in [-0.2, 0) is 26.2 Å². The third-order valence-electron chi connectivity index (χ3n) is 4.32. The third-order valence-corrected chi connectivity index (χ3v) is 4.81. The molecule has 1 aromatic rings. The average molecular weight is 414 g/mol. The maximum Gasteiger partial charge on any atom is 0.306 e. The number of carbonyl (C=O) groups is 1. The van der Waals surface area contributed by atoms with E-state index in [1.54, 1.807) is 23.1 Å². The van der Waals surface area contributed by atoms with Crippen LogP contribution in [0.1, 0.15) is 45.6 Å². The van der Waals surface area contributed by atoms with Crippen LogP contribution in [0.15, 0.2) is 18.2 Å². The van der Waals surface area contributed by atoms with E-state index in [4.69, 9.17) is 13.7 Å². The number of nitrogens with zero attached hydrogens (tertiary/aromatic N) is 1. The molecule has 1 amide bonds. The summed E-state index contributed by atoms with van der Waals surface area (Å²) in [4.78, 5) is 14.7. The number of ether oxygens (including phenoxy) is 2. The van der Waals surface area contributed by atoms with Crippen LogP contribution in [0.5, 0.6) is 11.5 Å². The number of rotatable bonds is 8. The molecule has 0 N–H and O–H groups in total. The highest BCUT2D eigenvalue weighted by Gasteiger charge is 2.26. The summed E-state index contributed by atoms with van der Waals surface area (Å²) in [5.74, 6) is 0.480. The van der Waals surface area contributed by atoms with Crippen molar-refractivity contribution in [2.45, 2.75) is 52.7 Å². The van der Waals surface area contributed by atoms with E-state index in [0.29, 0.717) is 25.3 Å². The highest BCUT2D eigenvalue weighted by Crippen LogP contribution is 2.30. The molecule has 28 heavy (non-hydrogen) atoms. The fourth-order valence-electron chi connectivity index (χ4n) is 3.12. The Bertz CT molecular complexity index is 778. The number of benzene rings is 1. The van der Waals surface area contributed by atoms with Gasteiger partial charge in [0.1, 0.15) is 0 Å². The molecule has 7 nitrogen and oxygen atoms in total. The first-order chi connectivity index (χ1) is 13.0. The maximum atomic E-state index is 12.9. The van der Waals surface area contributed by atoms with Gasteiger partial charge in [-0.2, -0.15) is 8.42 Å². The number of hydrogen-bond donors (Lipinski definition) is 0. The fraction of sp³-hybridized carbons (Fsp3) is 0.650. The van der Waals surface area contributed by atoms with E-state index < -0.39 is 10.1 Å². The van der Waals surface area contributed by atoms with Crippen molar-refractivity contribution in [3.63, 3.8) is 0 Å². The quantitative estimate of drug-likeness (QED) is 0.610. The highest BCUT2D eigenvalue weighted by atomic mass is 32.2. The molecule has 0 aliphatic carbocycles. The maximum absolute atomic E-state index is 12.9. The lowest BCUT2D eigenvalue weighted by Crippen LogP contribution is -2.38. The number of methoxy groups -OCH3 is 1. The van der Waals surface area contributed by atoms with Gasteiger partial charge in [-0.05, 0) is 36.0 Å². The number of carbonyl (C=O) groups excluding carboxylic acids is 1. The van der Waals surface area contributed by atoms with Gasteiger partial charge in [0.15, 0.2) is 11.5 Å². The zero-order valence-electron chi connectivity index (χ0n) is 17.4. The predicted molar refractivity (Wildman–Crippen MR) is 107 cm³/mol. The molecular formula is C20H31NO6S. The van der Waals surface area contributed by atoms with Gasteiger partial charge in [0.05, 0.1) is 19.5 Å². The first-order valence-corrected chi connectivity index (χ1v) is 11.2. The SMILES string of the molecule is COc1ccc(CN(CC2CCCO2)C(=O)CC(C)(C)C)cc1OS(C)(=O)=O. The number of hydrogen-bond acceptors (Lipinski definition) is 6. The molecule has 1 saturated heterocycles. The van der Waals surface area contributed by atoms with Gasteiger partial charge in [-0.1, -0.05) is 26.8 Å². The Morgan fingerprint density at radius 3 is 2.54 bits per heavy atom. The third kappa shape index (κ3) is 7.31. The Labute approximate surface area is 168 Å². The zero-order chi connectivity index (χ0) is 20.9. The standard InChI is InChI=1S/C20H31NO6S/c1-20(2,3)12-19(22)21(14-16-7-6-10-26-16)13-15-8-9-17(25-4)18(11-15)27-28(5,23)24/h8-9,11,16H,6-7,10,12-14H2,1-5H3. The minimum absolute atomic E-state index is 0.0360. The van der Waals surface area contributed by atoms with Crippen LogP contribution < -0.4 is 8.92 Å². The van der Waals surface area contributed by atoms with Crippen molar-refractivity contribution in [3.05, 3.63) is 23.8 Å². The van der Waals surface area contributed by atoms with Crippen molar-refractivity contribution < 1.29 is 26.9 Å². The predicted octanol–water partition coefficient (Wildman–Crippen LogP) is 2.98. The van der Waals surface area contributed by atoms with Crippen LogP contribution in [0.25, 0.3) is 0 Å². The van der Waals surface area contributed by atoms with E-state index in [-0.39, 0.29) is 23.2 Å². The van der Waals surface area contributed by atoms with Crippen LogP contribution in [-0.4, -0.2) is 51.8 Å². The molecular weight excluding hydrogens is 382 g/mol. The lowest BCUT2D eigenvalue weighted by Gasteiger charge is -2.29. The zero-order valence-corrected chi connectivity index (χ0v) is 18.2.